The molecule has 2 N–H and O–H groups in total. The quantitative estimate of drug-likeness (QED) is 0.800. The van der Waals surface area contributed by atoms with Gasteiger partial charge in [0.15, 0.2) is 0 Å². The van der Waals surface area contributed by atoms with Gasteiger partial charge in [-0.25, -0.2) is 4.39 Å². The molecule has 0 atom stereocenters. The number of likely N-dealkylation sites (N-methyl/N-ethyl adjacent to an activating group) is 1. The SMILES string of the molecule is CCN(CC)CCOc1cc(F)c(N)cc1Cl. The van der Waals surface area contributed by atoms with Crippen molar-refractivity contribution in [2.24, 2.45) is 0 Å². The second-order valence-electron chi connectivity index (χ2n) is 3.68. The van der Waals surface area contributed by atoms with Crippen LogP contribution in [0, 0.1) is 5.82 Å². The molecule has 0 aliphatic carbocycles. The van der Waals surface area contributed by atoms with Crippen molar-refractivity contribution in [1.82, 2.24) is 4.90 Å². The standard InChI is InChI=1S/C12H18ClFN2O/c1-3-16(4-2)5-6-17-12-8-10(14)11(15)7-9(12)13/h7-8H,3-6,15H2,1-2H3. The molecule has 1 aromatic carbocycles. The molecule has 0 unspecified atom stereocenters. The van der Waals surface area contributed by atoms with E-state index in [1.165, 1.54) is 12.1 Å². The Morgan fingerprint density at radius 1 is 1.35 bits per heavy atom. The Bertz CT molecular complexity index is 370. The molecule has 0 amide bonds. The molecule has 0 fully saturated rings. The first kappa shape index (κ1) is 14.1. The van der Waals surface area contributed by atoms with Crippen LogP contribution in [0.4, 0.5) is 10.1 Å². The van der Waals surface area contributed by atoms with Gasteiger partial charge in [-0.1, -0.05) is 25.4 Å². The van der Waals surface area contributed by atoms with Gasteiger partial charge in [-0.15, -0.1) is 0 Å². The molecule has 96 valence electrons. The van der Waals surface area contributed by atoms with Gasteiger partial charge in [0.05, 0.1) is 10.7 Å². The molecule has 0 bridgehead atoms. The van der Waals surface area contributed by atoms with Crippen LogP contribution < -0.4 is 10.5 Å². The van der Waals surface area contributed by atoms with Crippen molar-refractivity contribution in [2.45, 2.75) is 13.8 Å². The minimum Gasteiger partial charge on any atom is -0.491 e. The fourth-order valence-corrected chi connectivity index (χ4v) is 1.71. The van der Waals surface area contributed by atoms with E-state index in [1.807, 2.05) is 0 Å². The molecule has 1 aromatic rings. The topological polar surface area (TPSA) is 38.5 Å². The summed E-state index contributed by atoms with van der Waals surface area (Å²) in [6, 6.07) is 2.59. The summed E-state index contributed by atoms with van der Waals surface area (Å²) in [4.78, 5) is 2.21. The van der Waals surface area contributed by atoms with Crippen molar-refractivity contribution in [3.8, 4) is 5.75 Å². The van der Waals surface area contributed by atoms with Gasteiger partial charge in [0.2, 0.25) is 0 Å². The zero-order valence-electron chi connectivity index (χ0n) is 10.2. The highest BCUT2D eigenvalue weighted by Crippen LogP contribution is 2.28. The molecule has 0 radical (unpaired) electrons. The van der Waals surface area contributed by atoms with Gasteiger partial charge < -0.3 is 15.4 Å². The lowest BCUT2D eigenvalue weighted by Crippen LogP contribution is -2.27. The Balaban J connectivity index is 2.55. The molecule has 0 aliphatic rings. The molecule has 17 heavy (non-hydrogen) atoms. The van der Waals surface area contributed by atoms with Crippen molar-refractivity contribution in [2.75, 3.05) is 32.0 Å². The Hall–Kier alpha value is -1.00. The predicted molar refractivity (Wildman–Crippen MR) is 69.1 cm³/mol. The summed E-state index contributed by atoms with van der Waals surface area (Å²) in [6.07, 6.45) is 0. The van der Waals surface area contributed by atoms with Crippen LogP contribution in [0.25, 0.3) is 0 Å². The number of hydrogen-bond donors (Lipinski definition) is 1. The number of hydrogen-bond acceptors (Lipinski definition) is 3. The average Bonchev–Trinajstić information content (AvgIpc) is 2.31. The summed E-state index contributed by atoms with van der Waals surface area (Å²) in [5, 5.41) is 0.337. The van der Waals surface area contributed by atoms with E-state index in [0.29, 0.717) is 17.4 Å². The highest BCUT2D eigenvalue weighted by Gasteiger charge is 2.08. The van der Waals surface area contributed by atoms with Gasteiger partial charge in [-0.05, 0) is 19.2 Å². The van der Waals surface area contributed by atoms with Crippen molar-refractivity contribution in [3.63, 3.8) is 0 Å². The molecular weight excluding hydrogens is 243 g/mol. The zero-order valence-corrected chi connectivity index (χ0v) is 10.9. The van der Waals surface area contributed by atoms with Crippen molar-refractivity contribution in [3.05, 3.63) is 23.0 Å². The van der Waals surface area contributed by atoms with Crippen LogP contribution in [0.3, 0.4) is 0 Å². The summed E-state index contributed by atoms with van der Waals surface area (Å²) in [6.45, 7) is 7.35. The molecule has 1 rings (SSSR count). The van der Waals surface area contributed by atoms with Crippen molar-refractivity contribution < 1.29 is 9.13 Å². The molecule has 0 aromatic heterocycles. The number of anilines is 1. The summed E-state index contributed by atoms with van der Waals surface area (Å²) in [5.41, 5.74) is 5.42. The maximum absolute atomic E-state index is 13.2. The highest BCUT2D eigenvalue weighted by molar-refractivity contribution is 6.32. The Kier molecular flexibility index (Phi) is 5.51. The fourth-order valence-electron chi connectivity index (χ4n) is 1.48. The van der Waals surface area contributed by atoms with Crippen LogP contribution in [0.1, 0.15) is 13.8 Å². The third-order valence-corrected chi connectivity index (χ3v) is 2.91. The number of nitrogens with two attached hydrogens (primary N) is 1. The van der Waals surface area contributed by atoms with E-state index in [1.54, 1.807) is 0 Å². The maximum atomic E-state index is 13.2. The van der Waals surface area contributed by atoms with E-state index in [2.05, 4.69) is 18.7 Å². The third kappa shape index (κ3) is 4.06. The lowest BCUT2D eigenvalue weighted by Gasteiger charge is -2.18. The van der Waals surface area contributed by atoms with Crippen LogP contribution in [0.15, 0.2) is 12.1 Å². The van der Waals surface area contributed by atoms with E-state index in [-0.39, 0.29) is 5.69 Å². The lowest BCUT2D eigenvalue weighted by molar-refractivity contribution is 0.222. The first-order valence-electron chi connectivity index (χ1n) is 5.68. The number of nitrogens with zero attached hydrogens (tertiary/aromatic N) is 1. The molecule has 0 aliphatic heterocycles. The first-order valence-corrected chi connectivity index (χ1v) is 6.06. The summed E-state index contributed by atoms with van der Waals surface area (Å²) in [7, 11) is 0. The third-order valence-electron chi connectivity index (χ3n) is 2.61. The Morgan fingerprint density at radius 3 is 2.59 bits per heavy atom. The minimum absolute atomic E-state index is 0.0334. The largest absolute Gasteiger partial charge is 0.491 e. The number of nitrogen functional groups attached to an aromatic ring is 1. The second-order valence-corrected chi connectivity index (χ2v) is 4.09. The normalized spacial score (nSPS) is 10.9. The Morgan fingerprint density at radius 2 is 2.00 bits per heavy atom. The van der Waals surface area contributed by atoms with Crippen LogP contribution in [-0.2, 0) is 0 Å². The van der Waals surface area contributed by atoms with Gasteiger partial charge in [-0.2, -0.15) is 0 Å². The molecular formula is C12H18ClFN2O. The van der Waals surface area contributed by atoms with E-state index < -0.39 is 5.82 Å². The van der Waals surface area contributed by atoms with Crippen molar-refractivity contribution >= 4 is 17.3 Å². The second kappa shape index (κ2) is 6.67. The van der Waals surface area contributed by atoms with E-state index >= 15 is 0 Å². The molecule has 0 heterocycles. The first-order chi connectivity index (χ1) is 8.08. The van der Waals surface area contributed by atoms with E-state index in [0.717, 1.165) is 19.6 Å². The molecule has 0 saturated heterocycles. The van der Waals surface area contributed by atoms with Crippen LogP contribution in [0.5, 0.6) is 5.75 Å². The number of benzene rings is 1. The van der Waals surface area contributed by atoms with Crippen LogP contribution in [-0.4, -0.2) is 31.1 Å². The molecule has 0 spiro atoms. The maximum Gasteiger partial charge on any atom is 0.149 e. The number of rotatable bonds is 6. The van der Waals surface area contributed by atoms with Gasteiger partial charge >= 0.3 is 0 Å². The average molecular weight is 261 g/mol. The van der Waals surface area contributed by atoms with Crippen molar-refractivity contribution in [1.29, 1.82) is 0 Å². The summed E-state index contributed by atoms with van der Waals surface area (Å²) < 4.78 is 18.6. The summed E-state index contributed by atoms with van der Waals surface area (Å²) in [5.74, 6) is -0.169. The molecule has 0 saturated carbocycles. The minimum atomic E-state index is -0.507. The Labute approximate surface area is 106 Å². The highest BCUT2D eigenvalue weighted by atomic mass is 35.5. The smallest absolute Gasteiger partial charge is 0.149 e. The number of ether oxygens (including phenoxy) is 1. The lowest BCUT2D eigenvalue weighted by atomic mass is 10.3. The summed E-state index contributed by atoms with van der Waals surface area (Å²) >= 11 is 5.90. The zero-order chi connectivity index (χ0) is 12.8. The van der Waals surface area contributed by atoms with Crippen LogP contribution in [0.2, 0.25) is 5.02 Å². The van der Waals surface area contributed by atoms with E-state index in [9.17, 15) is 4.39 Å². The molecule has 5 heteroatoms. The van der Waals surface area contributed by atoms with Gasteiger partial charge in [-0.3, -0.25) is 0 Å². The van der Waals surface area contributed by atoms with Gasteiger partial charge in [0.25, 0.3) is 0 Å². The van der Waals surface area contributed by atoms with E-state index in [4.69, 9.17) is 22.1 Å². The number of halogens is 2. The molecule has 3 nitrogen and oxygen atoms in total. The fraction of sp³-hybridized carbons (Fsp3) is 0.500. The van der Waals surface area contributed by atoms with Gasteiger partial charge in [0.1, 0.15) is 18.2 Å². The predicted octanol–water partition coefficient (Wildman–Crippen LogP) is 2.78. The monoisotopic (exact) mass is 260 g/mol. The van der Waals surface area contributed by atoms with Gasteiger partial charge in [0, 0.05) is 12.6 Å². The van der Waals surface area contributed by atoms with Crippen LogP contribution >= 0.6 is 11.6 Å².